The standard InChI is InChI=1S/C16H13BrN2O4/c17-12-7-14-13(22-9-23-14)6-11(12)8-18-19-16(21)15(20)10-4-2-1-3-5-10/h1-8,15,20H,9H2,(H,19,21)/b18-8-/t15-/m1/s1. The molecule has 6 nitrogen and oxygen atoms in total. The van der Waals surface area contributed by atoms with E-state index in [0.29, 0.717) is 22.6 Å². The highest BCUT2D eigenvalue weighted by Crippen LogP contribution is 2.36. The van der Waals surface area contributed by atoms with Crippen molar-refractivity contribution >= 4 is 28.1 Å². The van der Waals surface area contributed by atoms with Gasteiger partial charge in [-0.1, -0.05) is 30.3 Å². The molecule has 1 aliphatic heterocycles. The maximum absolute atomic E-state index is 11.9. The van der Waals surface area contributed by atoms with Crippen molar-refractivity contribution in [2.45, 2.75) is 6.10 Å². The molecule has 0 fully saturated rings. The molecule has 1 heterocycles. The van der Waals surface area contributed by atoms with E-state index in [1.807, 2.05) is 6.07 Å². The molecule has 0 aromatic heterocycles. The highest BCUT2D eigenvalue weighted by molar-refractivity contribution is 9.10. The number of hydrogen-bond acceptors (Lipinski definition) is 5. The molecule has 0 bridgehead atoms. The van der Waals surface area contributed by atoms with Gasteiger partial charge in [-0.3, -0.25) is 4.79 Å². The maximum atomic E-state index is 11.9. The van der Waals surface area contributed by atoms with Crippen LogP contribution in [0.2, 0.25) is 0 Å². The lowest BCUT2D eigenvalue weighted by Crippen LogP contribution is -2.25. The van der Waals surface area contributed by atoms with Gasteiger partial charge < -0.3 is 14.6 Å². The van der Waals surface area contributed by atoms with E-state index < -0.39 is 12.0 Å². The van der Waals surface area contributed by atoms with Crippen LogP contribution in [0.5, 0.6) is 11.5 Å². The van der Waals surface area contributed by atoms with Gasteiger partial charge in [0.25, 0.3) is 5.91 Å². The Morgan fingerprint density at radius 1 is 1.26 bits per heavy atom. The van der Waals surface area contributed by atoms with Gasteiger partial charge >= 0.3 is 0 Å². The molecule has 7 heteroatoms. The third-order valence-corrected chi connectivity index (χ3v) is 3.92. The summed E-state index contributed by atoms with van der Waals surface area (Å²) in [4.78, 5) is 11.9. The molecule has 0 unspecified atom stereocenters. The van der Waals surface area contributed by atoms with Crippen LogP contribution in [0.4, 0.5) is 0 Å². The number of aliphatic hydroxyl groups is 1. The quantitative estimate of drug-likeness (QED) is 0.633. The van der Waals surface area contributed by atoms with Crippen LogP contribution >= 0.6 is 15.9 Å². The second-order valence-electron chi connectivity index (χ2n) is 4.77. The third-order valence-electron chi connectivity index (χ3n) is 3.23. The van der Waals surface area contributed by atoms with E-state index in [1.165, 1.54) is 6.21 Å². The van der Waals surface area contributed by atoms with Crippen LogP contribution in [0.1, 0.15) is 17.2 Å². The van der Waals surface area contributed by atoms with Crippen LogP contribution < -0.4 is 14.9 Å². The Balaban J connectivity index is 1.66. The summed E-state index contributed by atoms with van der Waals surface area (Å²) in [6, 6.07) is 12.2. The minimum absolute atomic E-state index is 0.183. The monoisotopic (exact) mass is 376 g/mol. The van der Waals surface area contributed by atoms with Gasteiger partial charge in [0.1, 0.15) is 0 Å². The molecule has 0 aliphatic carbocycles. The third kappa shape index (κ3) is 3.52. The van der Waals surface area contributed by atoms with E-state index >= 15 is 0 Å². The summed E-state index contributed by atoms with van der Waals surface area (Å²) in [6.45, 7) is 0.183. The zero-order chi connectivity index (χ0) is 16.2. The SMILES string of the molecule is O=C(N/N=C\c1cc2c(cc1Br)OCO2)[C@H](O)c1ccccc1. The number of hydrazone groups is 1. The van der Waals surface area contributed by atoms with Crippen LogP contribution in [0.15, 0.2) is 52.0 Å². The Morgan fingerprint density at radius 3 is 2.70 bits per heavy atom. The highest BCUT2D eigenvalue weighted by Gasteiger charge is 2.17. The van der Waals surface area contributed by atoms with Gasteiger partial charge in [-0.2, -0.15) is 5.10 Å². The number of carbonyl (C=O) groups is 1. The summed E-state index contributed by atoms with van der Waals surface area (Å²) in [5, 5.41) is 13.8. The fraction of sp³-hybridized carbons (Fsp3) is 0.125. The molecule has 0 spiro atoms. The molecule has 0 saturated heterocycles. The van der Waals surface area contributed by atoms with Gasteiger partial charge in [-0.15, -0.1) is 0 Å². The number of halogens is 1. The summed E-state index contributed by atoms with van der Waals surface area (Å²) < 4.78 is 11.3. The first-order valence-corrected chi connectivity index (χ1v) is 7.59. The lowest BCUT2D eigenvalue weighted by Gasteiger charge is -2.08. The molecule has 23 heavy (non-hydrogen) atoms. The van der Waals surface area contributed by atoms with Crippen LogP contribution in [-0.2, 0) is 4.79 Å². The van der Waals surface area contributed by atoms with E-state index in [9.17, 15) is 9.90 Å². The summed E-state index contributed by atoms with van der Waals surface area (Å²) in [5.41, 5.74) is 3.53. The Bertz CT molecular complexity index is 749. The Kier molecular flexibility index (Phi) is 4.59. The topological polar surface area (TPSA) is 80.2 Å². The first-order valence-electron chi connectivity index (χ1n) is 6.80. The molecule has 0 radical (unpaired) electrons. The lowest BCUT2D eigenvalue weighted by atomic mass is 10.1. The number of rotatable bonds is 4. The lowest BCUT2D eigenvalue weighted by molar-refractivity contribution is -0.129. The average molecular weight is 377 g/mol. The van der Waals surface area contributed by atoms with E-state index in [0.717, 1.165) is 4.47 Å². The molecule has 1 aliphatic rings. The molecular weight excluding hydrogens is 364 g/mol. The molecule has 1 atom stereocenters. The number of benzene rings is 2. The van der Waals surface area contributed by atoms with Crippen molar-refractivity contribution < 1.29 is 19.4 Å². The van der Waals surface area contributed by atoms with E-state index in [2.05, 4.69) is 26.5 Å². The fourth-order valence-electron chi connectivity index (χ4n) is 2.05. The normalized spacial score (nSPS) is 14.0. The van der Waals surface area contributed by atoms with E-state index in [1.54, 1.807) is 36.4 Å². The van der Waals surface area contributed by atoms with E-state index in [-0.39, 0.29) is 6.79 Å². The molecule has 2 aromatic rings. The number of nitrogens with zero attached hydrogens (tertiary/aromatic N) is 1. The molecular formula is C16H13BrN2O4. The Labute approximate surface area is 140 Å². The van der Waals surface area contributed by atoms with Gasteiger partial charge in [0, 0.05) is 10.0 Å². The van der Waals surface area contributed by atoms with Crippen molar-refractivity contribution in [1.29, 1.82) is 0 Å². The zero-order valence-corrected chi connectivity index (χ0v) is 13.5. The molecule has 3 rings (SSSR count). The number of fused-ring (bicyclic) bond motifs is 1. The summed E-state index contributed by atoms with van der Waals surface area (Å²) >= 11 is 3.39. The Hall–Kier alpha value is -2.38. The molecule has 2 aromatic carbocycles. The number of amides is 1. The minimum atomic E-state index is -1.27. The number of hydrogen-bond donors (Lipinski definition) is 2. The van der Waals surface area contributed by atoms with Gasteiger partial charge in [0.05, 0.1) is 6.21 Å². The minimum Gasteiger partial charge on any atom is -0.454 e. The van der Waals surface area contributed by atoms with Crippen molar-refractivity contribution in [2.24, 2.45) is 5.10 Å². The second-order valence-corrected chi connectivity index (χ2v) is 5.63. The molecule has 2 N–H and O–H groups in total. The molecule has 1 amide bonds. The first-order chi connectivity index (χ1) is 11.1. The number of nitrogens with one attached hydrogen (secondary N) is 1. The summed E-state index contributed by atoms with van der Waals surface area (Å²) in [6.07, 6.45) is 0.190. The van der Waals surface area contributed by atoms with Crippen LogP contribution in [0.3, 0.4) is 0 Å². The predicted octanol–water partition coefficient (Wildman–Crippen LogP) is 2.36. The smallest absolute Gasteiger partial charge is 0.273 e. The Morgan fingerprint density at radius 2 is 1.96 bits per heavy atom. The second kappa shape index (κ2) is 6.80. The van der Waals surface area contributed by atoms with Crippen molar-refractivity contribution in [3.8, 4) is 11.5 Å². The largest absolute Gasteiger partial charge is 0.454 e. The van der Waals surface area contributed by atoms with Crippen LogP contribution in [-0.4, -0.2) is 24.0 Å². The zero-order valence-electron chi connectivity index (χ0n) is 11.9. The number of carbonyl (C=O) groups excluding carboxylic acids is 1. The van der Waals surface area contributed by atoms with Gasteiger partial charge in [-0.05, 0) is 33.6 Å². The molecule has 118 valence electrons. The van der Waals surface area contributed by atoms with Crippen LogP contribution in [0, 0.1) is 0 Å². The van der Waals surface area contributed by atoms with Gasteiger partial charge in [0.15, 0.2) is 17.6 Å². The average Bonchev–Trinajstić information content (AvgIpc) is 3.02. The number of aliphatic hydroxyl groups excluding tert-OH is 1. The van der Waals surface area contributed by atoms with Gasteiger partial charge in [0.2, 0.25) is 6.79 Å². The number of ether oxygens (including phenoxy) is 2. The molecule has 0 saturated carbocycles. The van der Waals surface area contributed by atoms with Crippen molar-refractivity contribution in [3.05, 3.63) is 58.1 Å². The maximum Gasteiger partial charge on any atom is 0.273 e. The predicted molar refractivity (Wildman–Crippen MR) is 87.4 cm³/mol. The summed E-state index contributed by atoms with van der Waals surface area (Å²) in [5.74, 6) is 0.659. The van der Waals surface area contributed by atoms with Crippen LogP contribution in [0.25, 0.3) is 0 Å². The van der Waals surface area contributed by atoms with Crippen molar-refractivity contribution in [3.63, 3.8) is 0 Å². The van der Waals surface area contributed by atoms with Gasteiger partial charge in [-0.25, -0.2) is 5.43 Å². The van der Waals surface area contributed by atoms with Crippen molar-refractivity contribution in [1.82, 2.24) is 5.43 Å². The van der Waals surface area contributed by atoms with E-state index in [4.69, 9.17) is 9.47 Å². The highest BCUT2D eigenvalue weighted by atomic mass is 79.9. The fourth-order valence-corrected chi connectivity index (χ4v) is 2.47. The van der Waals surface area contributed by atoms with Crippen molar-refractivity contribution in [2.75, 3.05) is 6.79 Å². The summed E-state index contributed by atoms with van der Waals surface area (Å²) in [7, 11) is 0. The first kappa shape index (κ1) is 15.5.